The molecule has 0 heterocycles. The zero-order valence-electron chi connectivity index (χ0n) is 33.1. The van der Waals surface area contributed by atoms with Gasteiger partial charge in [-0.3, -0.25) is 18.6 Å². The van der Waals surface area contributed by atoms with Crippen LogP contribution in [0.2, 0.25) is 0 Å². The third-order valence-corrected chi connectivity index (χ3v) is 9.60. The Hall–Kier alpha value is -2.30. The number of esters is 1. The zero-order valence-corrected chi connectivity index (χ0v) is 34.0. The van der Waals surface area contributed by atoms with Crippen molar-refractivity contribution in [3.05, 3.63) is 36.5 Å². The summed E-state index contributed by atoms with van der Waals surface area (Å²) < 4.78 is 26.7. The Morgan fingerprint density at radius 3 is 1.55 bits per heavy atom. The number of unbranched alkanes of at least 4 members (excludes halogenated alkanes) is 18. The summed E-state index contributed by atoms with van der Waals surface area (Å²) in [6, 6.07) is -1.55. The average molecular weight is 772 g/mol. The molecular formula is C41H74NO10P. The van der Waals surface area contributed by atoms with Crippen LogP contribution in [0, 0.1) is 0 Å². The number of hydrogen-bond acceptors (Lipinski definition) is 8. The van der Waals surface area contributed by atoms with Crippen LogP contribution in [-0.2, 0) is 32.7 Å². The summed E-state index contributed by atoms with van der Waals surface area (Å²) in [5.41, 5.74) is 0. The lowest BCUT2D eigenvalue weighted by atomic mass is 10.1. The van der Waals surface area contributed by atoms with Crippen molar-refractivity contribution in [3.63, 3.8) is 0 Å². The van der Waals surface area contributed by atoms with Crippen molar-refractivity contribution in [2.75, 3.05) is 19.8 Å². The van der Waals surface area contributed by atoms with Gasteiger partial charge in [-0.1, -0.05) is 127 Å². The molecule has 4 N–H and O–H groups in total. The maximum atomic E-state index is 12.3. The quantitative estimate of drug-likeness (QED) is 0.0205. The van der Waals surface area contributed by atoms with Crippen molar-refractivity contribution in [1.82, 2.24) is 5.32 Å². The van der Waals surface area contributed by atoms with Crippen LogP contribution in [0.5, 0.6) is 0 Å². The Balaban J connectivity index is 3.96. The summed E-state index contributed by atoms with van der Waals surface area (Å²) in [6.07, 6.45) is 37.4. The van der Waals surface area contributed by atoms with E-state index in [9.17, 15) is 34.1 Å². The molecule has 53 heavy (non-hydrogen) atoms. The van der Waals surface area contributed by atoms with Crippen LogP contribution < -0.4 is 5.32 Å². The molecule has 11 nitrogen and oxygen atoms in total. The minimum Gasteiger partial charge on any atom is -0.480 e. The van der Waals surface area contributed by atoms with E-state index in [1.807, 2.05) is 0 Å². The lowest BCUT2D eigenvalue weighted by Crippen LogP contribution is -2.43. The molecule has 0 bridgehead atoms. The van der Waals surface area contributed by atoms with Crippen LogP contribution in [-0.4, -0.2) is 64.9 Å². The van der Waals surface area contributed by atoms with Crippen molar-refractivity contribution < 1.29 is 47.8 Å². The fourth-order valence-corrected chi connectivity index (χ4v) is 6.17. The van der Waals surface area contributed by atoms with Gasteiger partial charge >= 0.3 is 19.8 Å². The molecule has 0 spiro atoms. The summed E-state index contributed by atoms with van der Waals surface area (Å²) >= 11 is 0. The molecule has 0 radical (unpaired) electrons. The second-order valence-corrected chi connectivity index (χ2v) is 15.3. The number of amides is 1. The molecule has 0 aromatic rings. The minimum absolute atomic E-state index is 0.136. The lowest BCUT2D eigenvalue weighted by Gasteiger charge is -2.18. The van der Waals surface area contributed by atoms with Gasteiger partial charge in [-0.25, -0.2) is 9.36 Å². The van der Waals surface area contributed by atoms with Gasteiger partial charge in [0.15, 0.2) is 6.04 Å². The van der Waals surface area contributed by atoms with Gasteiger partial charge in [-0.2, -0.15) is 0 Å². The van der Waals surface area contributed by atoms with E-state index in [0.717, 1.165) is 83.5 Å². The largest absolute Gasteiger partial charge is 0.480 e. The first-order valence-electron chi connectivity index (χ1n) is 20.5. The molecule has 0 aromatic heterocycles. The van der Waals surface area contributed by atoms with E-state index in [0.29, 0.717) is 12.8 Å². The predicted octanol–water partition coefficient (Wildman–Crippen LogP) is 10.1. The van der Waals surface area contributed by atoms with Crippen LogP contribution in [0.15, 0.2) is 36.5 Å². The van der Waals surface area contributed by atoms with E-state index in [2.05, 4.69) is 55.6 Å². The second kappa shape index (κ2) is 36.7. The molecule has 0 aliphatic heterocycles. The number of ether oxygens (including phenoxy) is 1. The van der Waals surface area contributed by atoms with Gasteiger partial charge < -0.3 is 25.2 Å². The summed E-state index contributed by atoms with van der Waals surface area (Å²) in [4.78, 5) is 45.8. The number of rotatable bonds is 38. The van der Waals surface area contributed by atoms with Crippen molar-refractivity contribution in [2.45, 2.75) is 187 Å². The number of nitrogens with one attached hydrogen (secondary N) is 1. The van der Waals surface area contributed by atoms with Gasteiger partial charge in [0.2, 0.25) is 5.91 Å². The second-order valence-electron chi connectivity index (χ2n) is 13.8. The molecular weight excluding hydrogens is 697 g/mol. The molecule has 0 aliphatic carbocycles. The number of aliphatic carboxylic acids is 1. The molecule has 0 fully saturated rings. The summed E-state index contributed by atoms with van der Waals surface area (Å²) in [6.45, 7) is 2.51. The molecule has 0 saturated carbocycles. The minimum atomic E-state index is -4.75. The van der Waals surface area contributed by atoms with E-state index in [1.54, 1.807) is 0 Å². The Kier molecular flexibility index (Phi) is 35.1. The number of carboxylic acids is 1. The summed E-state index contributed by atoms with van der Waals surface area (Å²) in [5, 5.41) is 21.8. The topological polar surface area (TPSA) is 169 Å². The van der Waals surface area contributed by atoms with Crippen molar-refractivity contribution >= 4 is 25.7 Å². The van der Waals surface area contributed by atoms with Crippen LogP contribution in [0.4, 0.5) is 0 Å². The van der Waals surface area contributed by atoms with Gasteiger partial charge in [0.05, 0.1) is 13.2 Å². The van der Waals surface area contributed by atoms with E-state index >= 15 is 0 Å². The van der Waals surface area contributed by atoms with Gasteiger partial charge in [-0.05, 0) is 70.6 Å². The highest BCUT2D eigenvalue weighted by Gasteiger charge is 2.28. The molecule has 0 aromatic carbocycles. The molecule has 1 amide bonds. The Labute approximate surface area is 321 Å². The van der Waals surface area contributed by atoms with E-state index in [-0.39, 0.29) is 12.8 Å². The van der Waals surface area contributed by atoms with Crippen LogP contribution >= 0.6 is 7.82 Å². The standard InChI is InChI=1S/C41H74NO10P/c1-3-5-7-9-11-13-15-17-18-19-20-21-22-24-26-28-30-32-39(44)42-38(41(46)47)36-52-53(48,49)51-35-37(43)34-50-40(45)33-31-29-27-25-23-16-14-12-10-8-6-4-2/h11-14,17-18,37-38,43H,3-10,15-16,19-36H2,1-2H3,(H,42,44)(H,46,47)(H,48,49)/b13-11-,14-12-,18-17-. The maximum Gasteiger partial charge on any atom is 0.472 e. The van der Waals surface area contributed by atoms with E-state index in [4.69, 9.17) is 13.8 Å². The molecule has 3 unspecified atom stereocenters. The van der Waals surface area contributed by atoms with Gasteiger partial charge in [0, 0.05) is 12.8 Å². The fourth-order valence-electron chi connectivity index (χ4n) is 5.40. The average Bonchev–Trinajstić information content (AvgIpc) is 3.13. The first-order valence-corrected chi connectivity index (χ1v) is 22.0. The Morgan fingerprint density at radius 1 is 0.604 bits per heavy atom. The Morgan fingerprint density at radius 2 is 1.04 bits per heavy atom. The maximum absolute atomic E-state index is 12.3. The first kappa shape index (κ1) is 50.7. The number of phosphoric acid groups is 1. The molecule has 0 rings (SSSR count). The number of hydrogen-bond donors (Lipinski definition) is 4. The number of aliphatic hydroxyl groups excluding tert-OH is 1. The van der Waals surface area contributed by atoms with E-state index in [1.165, 1.54) is 51.4 Å². The number of phosphoric ester groups is 1. The molecule has 12 heteroatoms. The third kappa shape index (κ3) is 36.4. The van der Waals surface area contributed by atoms with Crippen molar-refractivity contribution in [1.29, 1.82) is 0 Å². The van der Waals surface area contributed by atoms with Crippen molar-refractivity contribution in [2.24, 2.45) is 0 Å². The molecule has 3 atom stereocenters. The fraction of sp³-hybridized carbons (Fsp3) is 0.780. The summed E-state index contributed by atoms with van der Waals surface area (Å²) in [7, 11) is -4.75. The highest BCUT2D eigenvalue weighted by Crippen LogP contribution is 2.43. The SMILES string of the molecule is CCCCC/C=C\C/C=C\CCCCCCCCCC(=O)NC(COP(=O)(O)OCC(O)COC(=O)CCCCCCC/C=C\CCCCC)C(=O)O. The van der Waals surface area contributed by atoms with Crippen LogP contribution in [0.3, 0.4) is 0 Å². The van der Waals surface area contributed by atoms with Crippen molar-refractivity contribution in [3.8, 4) is 0 Å². The Bertz CT molecular complexity index is 1050. The number of allylic oxidation sites excluding steroid dienone is 6. The zero-order chi connectivity index (χ0) is 39.3. The highest BCUT2D eigenvalue weighted by atomic mass is 31.2. The first-order chi connectivity index (χ1) is 25.6. The molecule has 308 valence electrons. The van der Waals surface area contributed by atoms with Gasteiger partial charge in [-0.15, -0.1) is 0 Å². The number of aliphatic hydroxyl groups is 1. The van der Waals surface area contributed by atoms with Gasteiger partial charge in [0.1, 0.15) is 12.7 Å². The third-order valence-electron chi connectivity index (χ3n) is 8.65. The number of carbonyl (C=O) groups excluding carboxylic acids is 2. The predicted molar refractivity (Wildman–Crippen MR) is 212 cm³/mol. The van der Waals surface area contributed by atoms with Crippen LogP contribution in [0.1, 0.15) is 174 Å². The monoisotopic (exact) mass is 772 g/mol. The molecule has 0 aliphatic rings. The lowest BCUT2D eigenvalue weighted by molar-refractivity contribution is -0.147. The number of carbonyl (C=O) groups is 3. The smallest absolute Gasteiger partial charge is 0.472 e. The number of carboxylic acid groups (broad SMARTS) is 1. The van der Waals surface area contributed by atoms with E-state index < -0.39 is 57.6 Å². The highest BCUT2D eigenvalue weighted by molar-refractivity contribution is 7.47. The summed E-state index contributed by atoms with van der Waals surface area (Å²) in [5.74, 6) is -2.40. The van der Waals surface area contributed by atoms with Gasteiger partial charge in [0.25, 0.3) is 0 Å². The normalized spacial score (nSPS) is 14.2. The molecule has 0 saturated heterocycles. The van der Waals surface area contributed by atoms with Crippen LogP contribution in [0.25, 0.3) is 0 Å².